The van der Waals surface area contributed by atoms with Crippen molar-refractivity contribution in [1.29, 1.82) is 5.26 Å². The lowest BCUT2D eigenvalue weighted by Crippen LogP contribution is -2.33. The van der Waals surface area contributed by atoms with E-state index in [0.29, 0.717) is 19.4 Å². The Hall–Kier alpha value is -1.87. The third kappa shape index (κ3) is 1.74. The van der Waals surface area contributed by atoms with E-state index in [4.69, 9.17) is 0 Å². The largest absolute Gasteiger partial charge is 0.309 e. The molecule has 20 heavy (non-hydrogen) atoms. The van der Waals surface area contributed by atoms with E-state index < -0.39 is 5.41 Å². The molecular formula is C14H13BrN4O. The number of carbonyl (C=O) groups excluding carboxylic acids is 1. The first-order chi connectivity index (χ1) is 9.61. The van der Waals surface area contributed by atoms with Crippen LogP contribution in [0.5, 0.6) is 0 Å². The first-order valence-electron chi connectivity index (χ1n) is 6.47. The molecule has 3 rings (SSSR count). The fraction of sp³-hybridized carbons (Fsp3) is 0.357. The maximum Gasteiger partial charge on any atom is 0.247 e. The number of aromatic nitrogens is 2. The topological polar surface area (TPSA) is 61.4 Å². The van der Waals surface area contributed by atoms with Crippen LogP contribution >= 0.6 is 15.9 Å². The maximum atomic E-state index is 12.6. The highest BCUT2D eigenvalue weighted by Crippen LogP contribution is 2.38. The Morgan fingerprint density at radius 2 is 2.40 bits per heavy atom. The summed E-state index contributed by atoms with van der Waals surface area (Å²) >= 11 is 3.42. The van der Waals surface area contributed by atoms with Crippen molar-refractivity contribution >= 4 is 33.0 Å². The number of carbonyl (C=O) groups is 1. The molecule has 0 bridgehead atoms. The van der Waals surface area contributed by atoms with Crippen LogP contribution in [-0.4, -0.2) is 22.1 Å². The molecule has 1 fully saturated rings. The van der Waals surface area contributed by atoms with E-state index in [0.717, 1.165) is 15.7 Å². The summed E-state index contributed by atoms with van der Waals surface area (Å²) in [6.07, 6.45) is 4.64. The van der Waals surface area contributed by atoms with Crippen LogP contribution in [0.4, 0.5) is 5.69 Å². The monoisotopic (exact) mass is 332 g/mol. The standard InChI is InChI=1S/C14H13BrN4O/c1-2-14(9-16)4-6-18(13(14)20)11-3-5-17-19-8-10(15)7-12(11)19/h3,5,7-8H,2,4,6H2,1H3. The van der Waals surface area contributed by atoms with Gasteiger partial charge >= 0.3 is 0 Å². The van der Waals surface area contributed by atoms with Crippen LogP contribution in [0.3, 0.4) is 0 Å². The molecule has 0 aliphatic carbocycles. The number of anilines is 1. The Morgan fingerprint density at radius 1 is 1.60 bits per heavy atom. The van der Waals surface area contributed by atoms with Crippen LogP contribution in [0.25, 0.3) is 5.52 Å². The fourth-order valence-electron chi connectivity index (χ4n) is 2.71. The van der Waals surface area contributed by atoms with Crippen molar-refractivity contribution in [3.63, 3.8) is 0 Å². The molecule has 1 amide bonds. The van der Waals surface area contributed by atoms with Gasteiger partial charge in [0.05, 0.1) is 17.3 Å². The Bertz CT molecular complexity index is 732. The molecule has 5 nitrogen and oxygen atoms in total. The summed E-state index contributed by atoms with van der Waals surface area (Å²) in [6, 6.07) is 5.95. The molecule has 1 saturated heterocycles. The SMILES string of the molecule is CCC1(C#N)CCN(c2ccnn3cc(Br)cc23)C1=O. The van der Waals surface area contributed by atoms with Gasteiger partial charge in [-0.25, -0.2) is 4.52 Å². The van der Waals surface area contributed by atoms with Gasteiger partial charge in [0, 0.05) is 23.4 Å². The number of rotatable bonds is 2. The molecule has 0 radical (unpaired) electrons. The zero-order chi connectivity index (χ0) is 14.3. The number of nitriles is 1. The quantitative estimate of drug-likeness (QED) is 0.849. The van der Waals surface area contributed by atoms with E-state index >= 15 is 0 Å². The molecule has 6 heteroatoms. The van der Waals surface area contributed by atoms with Gasteiger partial charge in [0.2, 0.25) is 5.91 Å². The van der Waals surface area contributed by atoms with Gasteiger partial charge in [0.15, 0.2) is 0 Å². The van der Waals surface area contributed by atoms with E-state index in [1.165, 1.54) is 0 Å². The average Bonchev–Trinajstić information content (AvgIpc) is 2.98. The molecule has 1 atom stereocenters. The summed E-state index contributed by atoms with van der Waals surface area (Å²) in [5, 5.41) is 13.6. The van der Waals surface area contributed by atoms with E-state index in [-0.39, 0.29) is 5.91 Å². The number of fused-ring (bicyclic) bond motifs is 1. The van der Waals surface area contributed by atoms with Crippen LogP contribution in [0.1, 0.15) is 19.8 Å². The van der Waals surface area contributed by atoms with Crippen molar-refractivity contribution in [2.75, 3.05) is 11.4 Å². The Labute approximate surface area is 124 Å². The highest BCUT2D eigenvalue weighted by Gasteiger charge is 2.46. The zero-order valence-corrected chi connectivity index (χ0v) is 12.6. The molecule has 0 spiro atoms. The fourth-order valence-corrected chi connectivity index (χ4v) is 3.12. The summed E-state index contributed by atoms with van der Waals surface area (Å²) in [4.78, 5) is 14.3. The Kier molecular flexibility index (Phi) is 3.02. The summed E-state index contributed by atoms with van der Waals surface area (Å²) < 4.78 is 2.64. The molecule has 1 unspecified atom stereocenters. The smallest absolute Gasteiger partial charge is 0.247 e. The molecule has 1 aliphatic rings. The Morgan fingerprint density at radius 3 is 3.05 bits per heavy atom. The summed E-state index contributed by atoms with van der Waals surface area (Å²) in [5.41, 5.74) is 0.795. The summed E-state index contributed by atoms with van der Waals surface area (Å²) in [5.74, 6) is -0.104. The highest BCUT2D eigenvalue weighted by atomic mass is 79.9. The molecule has 3 heterocycles. The molecule has 0 aromatic carbocycles. The highest BCUT2D eigenvalue weighted by molar-refractivity contribution is 9.10. The van der Waals surface area contributed by atoms with E-state index in [1.807, 2.05) is 25.3 Å². The van der Waals surface area contributed by atoms with Crippen LogP contribution in [-0.2, 0) is 4.79 Å². The third-order valence-electron chi connectivity index (χ3n) is 3.98. The molecule has 102 valence electrons. The Balaban J connectivity index is 2.10. The minimum Gasteiger partial charge on any atom is -0.309 e. The average molecular weight is 333 g/mol. The van der Waals surface area contributed by atoms with Crippen molar-refractivity contribution < 1.29 is 4.79 Å². The second kappa shape index (κ2) is 4.60. The predicted octanol–water partition coefficient (Wildman–Crippen LogP) is 2.75. The number of hydrogen-bond acceptors (Lipinski definition) is 3. The predicted molar refractivity (Wildman–Crippen MR) is 78.2 cm³/mol. The van der Waals surface area contributed by atoms with Crippen molar-refractivity contribution in [2.24, 2.45) is 5.41 Å². The van der Waals surface area contributed by atoms with Crippen LogP contribution in [0, 0.1) is 16.7 Å². The molecule has 2 aromatic heterocycles. The molecule has 0 N–H and O–H groups in total. The second-order valence-electron chi connectivity index (χ2n) is 4.96. The second-order valence-corrected chi connectivity index (χ2v) is 5.87. The molecule has 1 aliphatic heterocycles. The lowest BCUT2D eigenvalue weighted by molar-refractivity contribution is -0.123. The van der Waals surface area contributed by atoms with Gasteiger partial charge < -0.3 is 4.90 Å². The van der Waals surface area contributed by atoms with Crippen molar-refractivity contribution in [3.05, 3.63) is 29.0 Å². The normalized spacial score (nSPS) is 22.4. The van der Waals surface area contributed by atoms with Crippen LogP contribution < -0.4 is 4.90 Å². The lowest BCUT2D eigenvalue weighted by Gasteiger charge is -2.20. The number of hydrogen-bond donors (Lipinski definition) is 0. The van der Waals surface area contributed by atoms with Crippen LogP contribution in [0.2, 0.25) is 0 Å². The molecule has 0 saturated carbocycles. The lowest BCUT2D eigenvalue weighted by atomic mass is 9.85. The van der Waals surface area contributed by atoms with Crippen molar-refractivity contribution in [1.82, 2.24) is 9.61 Å². The zero-order valence-electron chi connectivity index (χ0n) is 11.0. The van der Waals surface area contributed by atoms with Gasteiger partial charge in [-0.1, -0.05) is 6.92 Å². The first kappa shape index (κ1) is 13.1. The van der Waals surface area contributed by atoms with Gasteiger partial charge in [0.25, 0.3) is 0 Å². The maximum absolute atomic E-state index is 12.6. The van der Waals surface area contributed by atoms with E-state index in [2.05, 4.69) is 27.1 Å². The van der Waals surface area contributed by atoms with E-state index in [9.17, 15) is 10.1 Å². The van der Waals surface area contributed by atoms with Gasteiger partial charge in [-0.2, -0.15) is 10.4 Å². The molecule has 2 aromatic rings. The van der Waals surface area contributed by atoms with Gasteiger partial charge in [0.1, 0.15) is 5.41 Å². The van der Waals surface area contributed by atoms with Gasteiger partial charge in [-0.05, 0) is 40.9 Å². The number of nitrogens with zero attached hydrogens (tertiary/aromatic N) is 4. The van der Waals surface area contributed by atoms with Gasteiger partial charge in [-0.15, -0.1) is 0 Å². The summed E-state index contributed by atoms with van der Waals surface area (Å²) in [6.45, 7) is 2.46. The third-order valence-corrected chi connectivity index (χ3v) is 4.41. The minimum atomic E-state index is -0.871. The minimum absolute atomic E-state index is 0.104. The molecular weight excluding hydrogens is 320 g/mol. The van der Waals surface area contributed by atoms with Crippen molar-refractivity contribution in [3.8, 4) is 6.07 Å². The first-order valence-corrected chi connectivity index (χ1v) is 7.27. The van der Waals surface area contributed by atoms with Crippen molar-refractivity contribution in [2.45, 2.75) is 19.8 Å². The number of amides is 1. The summed E-state index contributed by atoms with van der Waals surface area (Å²) in [7, 11) is 0. The van der Waals surface area contributed by atoms with E-state index in [1.54, 1.807) is 15.6 Å². The van der Waals surface area contributed by atoms with Crippen LogP contribution in [0.15, 0.2) is 29.0 Å². The van der Waals surface area contributed by atoms with Gasteiger partial charge in [-0.3, -0.25) is 4.79 Å². The number of halogens is 1.